The van der Waals surface area contributed by atoms with Gasteiger partial charge < -0.3 is 29.5 Å². The van der Waals surface area contributed by atoms with Gasteiger partial charge >= 0.3 is 0 Å². The Bertz CT molecular complexity index is 1400. The van der Waals surface area contributed by atoms with E-state index in [1.54, 1.807) is 18.2 Å². The summed E-state index contributed by atoms with van der Waals surface area (Å²) in [4.78, 5) is 41.1. The van der Waals surface area contributed by atoms with Gasteiger partial charge in [-0.3, -0.25) is 9.59 Å². The third-order valence-electron chi connectivity index (χ3n) is 10.9. The van der Waals surface area contributed by atoms with Crippen LogP contribution in [0.15, 0.2) is 30.7 Å². The highest BCUT2D eigenvalue weighted by atomic mass is 19.1. The van der Waals surface area contributed by atoms with Crippen molar-refractivity contribution >= 4 is 17.6 Å². The first-order valence-electron chi connectivity index (χ1n) is 17.0. The van der Waals surface area contributed by atoms with Crippen molar-refractivity contribution in [3.63, 3.8) is 0 Å². The Morgan fingerprint density at radius 2 is 1.89 bits per heavy atom. The fourth-order valence-corrected chi connectivity index (χ4v) is 8.26. The lowest BCUT2D eigenvalue weighted by Gasteiger charge is -2.55. The van der Waals surface area contributed by atoms with Gasteiger partial charge in [0.05, 0.1) is 24.3 Å². The number of hydrogen-bond acceptors (Lipinski definition) is 8. The second-order valence-electron chi connectivity index (χ2n) is 14.4. The number of nitrogens with one attached hydrogen (secondary N) is 1. The Morgan fingerprint density at radius 1 is 1.15 bits per heavy atom. The van der Waals surface area contributed by atoms with E-state index in [4.69, 9.17) is 9.47 Å². The molecule has 6 rings (SSSR count). The Morgan fingerprint density at radius 3 is 2.57 bits per heavy atom. The second-order valence-corrected chi connectivity index (χ2v) is 14.4. The van der Waals surface area contributed by atoms with Gasteiger partial charge in [0.1, 0.15) is 17.9 Å². The summed E-state index contributed by atoms with van der Waals surface area (Å²) in [6.07, 6.45) is 10.8. The minimum Gasteiger partial charge on any atom is -0.451 e. The van der Waals surface area contributed by atoms with E-state index < -0.39 is 5.82 Å². The maximum Gasteiger partial charge on any atom is 0.257 e. The summed E-state index contributed by atoms with van der Waals surface area (Å²) in [6.45, 7) is 11.9. The predicted molar refractivity (Wildman–Crippen MR) is 173 cm³/mol. The Kier molecular flexibility index (Phi) is 9.53. The zero-order valence-corrected chi connectivity index (χ0v) is 27.8. The first-order valence-corrected chi connectivity index (χ1v) is 17.0. The van der Waals surface area contributed by atoms with Crippen molar-refractivity contribution in [2.75, 3.05) is 57.9 Å². The number of methoxy groups -OCH3 is 1. The molecule has 0 radical (unpaired) electrons. The fourth-order valence-electron chi connectivity index (χ4n) is 8.26. The first kappa shape index (κ1) is 32.6. The SMILES string of the molecule is CCN(C(=O)c1cc(F)ccc1Oc1cncnc1N1CC2(CCN(CC3CCC4(CC3)C[C@@H](COC)C(=O)N4)CC2)C1)C(C)C. The van der Waals surface area contributed by atoms with E-state index in [-0.39, 0.29) is 40.3 Å². The number of hydrogen-bond donors (Lipinski definition) is 1. The van der Waals surface area contributed by atoms with Crippen molar-refractivity contribution in [1.29, 1.82) is 0 Å². The zero-order valence-electron chi connectivity index (χ0n) is 27.8. The van der Waals surface area contributed by atoms with Crippen LogP contribution in [0, 0.1) is 23.1 Å². The topological polar surface area (TPSA) is 100 Å². The van der Waals surface area contributed by atoms with E-state index in [1.807, 2.05) is 20.8 Å². The van der Waals surface area contributed by atoms with Gasteiger partial charge in [0, 0.05) is 50.3 Å². The van der Waals surface area contributed by atoms with Crippen LogP contribution >= 0.6 is 0 Å². The van der Waals surface area contributed by atoms with E-state index in [9.17, 15) is 14.0 Å². The number of rotatable bonds is 10. The quantitative estimate of drug-likeness (QED) is 0.394. The van der Waals surface area contributed by atoms with E-state index in [1.165, 1.54) is 37.4 Å². The highest BCUT2D eigenvalue weighted by Crippen LogP contribution is 2.46. The highest BCUT2D eigenvalue weighted by molar-refractivity contribution is 5.97. The number of benzene rings is 1. The largest absolute Gasteiger partial charge is 0.451 e. The smallest absolute Gasteiger partial charge is 0.257 e. The molecule has 0 unspecified atom stereocenters. The molecule has 4 aliphatic rings. The average molecular weight is 637 g/mol. The van der Waals surface area contributed by atoms with Gasteiger partial charge in [-0.25, -0.2) is 14.4 Å². The molecule has 2 spiro atoms. The molecule has 46 heavy (non-hydrogen) atoms. The van der Waals surface area contributed by atoms with Crippen LogP contribution in [0.1, 0.15) is 76.1 Å². The van der Waals surface area contributed by atoms with E-state index in [2.05, 4.69) is 25.1 Å². The number of piperidine rings is 1. The summed E-state index contributed by atoms with van der Waals surface area (Å²) in [6, 6.07) is 4.03. The summed E-state index contributed by atoms with van der Waals surface area (Å²) in [5.41, 5.74) is 0.434. The normalized spacial score (nSPS) is 26.0. The maximum atomic E-state index is 14.3. The lowest BCUT2D eigenvalue weighted by atomic mass is 9.71. The van der Waals surface area contributed by atoms with Gasteiger partial charge in [-0.1, -0.05) is 0 Å². The summed E-state index contributed by atoms with van der Waals surface area (Å²) in [5.74, 6) is 1.55. The third-order valence-corrected chi connectivity index (χ3v) is 10.9. The van der Waals surface area contributed by atoms with Crippen molar-refractivity contribution in [3.8, 4) is 11.5 Å². The molecule has 1 aliphatic carbocycles. The van der Waals surface area contributed by atoms with Crippen LogP contribution in [0.4, 0.5) is 10.2 Å². The van der Waals surface area contributed by atoms with Crippen LogP contribution in [0.25, 0.3) is 0 Å². The van der Waals surface area contributed by atoms with Gasteiger partial charge in [0.25, 0.3) is 5.91 Å². The molecule has 10 nitrogen and oxygen atoms in total. The molecule has 11 heteroatoms. The number of carbonyl (C=O) groups excluding carboxylic acids is 2. The lowest BCUT2D eigenvalue weighted by molar-refractivity contribution is -0.124. The summed E-state index contributed by atoms with van der Waals surface area (Å²) < 4.78 is 25.8. The number of amides is 2. The molecule has 4 heterocycles. The fraction of sp³-hybridized carbons (Fsp3) is 0.657. The van der Waals surface area contributed by atoms with Crippen molar-refractivity contribution in [1.82, 2.24) is 25.1 Å². The molecule has 3 aliphatic heterocycles. The molecule has 3 saturated heterocycles. The lowest BCUT2D eigenvalue weighted by Crippen LogP contribution is -2.61. The molecule has 2 aromatic rings. The monoisotopic (exact) mass is 636 g/mol. The van der Waals surface area contributed by atoms with Gasteiger partial charge in [-0.15, -0.1) is 0 Å². The van der Waals surface area contributed by atoms with Gasteiger partial charge in [0.15, 0.2) is 11.6 Å². The molecule has 2 amide bonds. The predicted octanol–water partition coefficient (Wildman–Crippen LogP) is 4.89. The Labute approximate surface area is 272 Å². The molecule has 1 aromatic carbocycles. The number of anilines is 1. The van der Waals surface area contributed by atoms with Crippen LogP contribution in [0.3, 0.4) is 0 Å². The Balaban J connectivity index is 1.02. The number of carbonyl (C=O) groups is 2. The van der Waals surface area contributed by atoms with Crippen molar-refractivity contribution in [3.05, 3.63) is 42.1 Å². The van der Waals surface area contributed by atoms with Crippen molar-refractivity contribution in [2.24, 2.45) is 17.3 Å². The average Bonchev–Trinajstić information content (AvgIpc) is 3.33. The van der Waals surface area contributed by atoms with E-state index >= 15 is 0 Å². The number of ether oxygens (including phenoxy) is 2. The second kappa shape index (κ2) is 13.4. The molecule has 1 aromatic heterocycles. The molecule has 250 valence electrons. The summed E-state index contributed by atoms with van der Waals surface area (Å²) in [5, 5.41) is 3.32. The first-order chi connectivity index (χ1) is 22.1. The molecule has 1 N–H and O–H groups in total. The van der Waals surface area contributed by atoms with Crippen LogP contribution in [-0.4, -0.2) is 96.1 Å². The van der Waals surface area contributed by atoms with Crippen molar-refractivity contribution in [2.45, 2.75) is 77.3 Å². The Hall–Kier alpha value is -3.31. The minimum atomic E-state index is -0.484. The molecule has 1 saturated carbocycles. The molecule has 1 atom stereocenters. The number of likely N-dealkylation sites (tertiary alicyclic amines) is 1. The molecule has 0 bridgehead atoms. The molecule has 4 fully saturated rings. The number of aromatic nitrogens is 2. The maximum absolute atomic E-state index is 14.3. The van der Waals surface area contributed by atoms with Crippen LogP contribution in [0.5, 0.6) is 11.5 Å². The molecular weight excluding hydrogens is 587 g/mol. The van der Waals surface area contributed by atoms with E-state index in [0.29, 0.717) is 36.4 Å². The van der Waals surface area contributed by atoms with Gasteiger partial charge in [-0.2, -0.15) is 0 Å². The van der Waals surface area contributed by atoms with Gasteiger partial charge in [0.2, 0.25) is 5.91 Å². The highest BCUT2D eigenvalue weighted by Gasteiger charge is 2.48. The van der Waals surface area contributed by atoms with Crippen LogP contribution < -0.4 is 15.0 Å². The van der Waals surface area contributed by atoms with Crippen LogP contribution in [0.2, 0.25) is 0 Å². The third kappa shape index (κ3) is 6.72. The number of halogens is 1. The minimum absolute atomic E-state index is 0.00192. The zero-order chi connectivity index (χ0) is 32.5. The van der Waals surface area contributed by atoms with Crippen molar-refractivity contribution < 1.29 is 23.5 Å². The van der Waals surface area contributed by atoms with Crippen LogP contribution in [-0.2, 0) is 9.53 Å². The molecular formula is C35H49FN6O4. The number of nitrogens with zero attached hydrogens (tertiary/aromatic N) is 5. The van der Waals surface area contributed by atoms with Gasteiger partial charge in [-0.05, 0) is 103 Å². The standard InChI is InChI=1S/C35H49FN6O4/c1-5-42(24(2)3)33(44)28-16-27(36)6-7-29(28)46-30-18-37-23-38-31(30)41-21-34(22-41)12-14-40(15-13-34)19-25-8-10-35(11-9-25)17-26(20-45-4)32(43)39-35/h6-7,16,18,23-26H,5,8-15,17,19-22H2,1-4H3,(H,39,43)/t25?,26-,35?/m0/s1. The summed E-state index contributed by atoms with van der Waals surface area (Å²) >= 11 is 0. The van der Waals surface area contributed by atoms with E-state index in [0.717, 1.165) is 64.8 Å². The summed E-state index contributed by atoms with van der Waals surface area (Å²) in [7, 11) is 1.67.